The van der Waals surface area contributed by atoms with E-state index in [4.69, 9.17) is 16.3 Å². The van der Waals surface area contributed by atoms with Crippen LogP contribution >= 0.6 is 43.5 Å². The molecule has 20 heavy (non-hydrogen) atoms. The normalized spacial score (nSPS) is 19.1. The topological polar surface area (TPSA) is 9.23 Å². The maximum Gasteiger partial charge on any atom is 0.122 e. The molecular formula is C16H13Br2ClO. The zero-order valence-electron chi connectivity index (χ0n) is 10.7. The van der Waals surface area contributed by atoms with Gasteiger partial charge in [0.05, 0.1) is 12.0 Å². The van der Waals surface area contributed by atoms with Crippen molar-refractivity contribution < 1.29 is 4.74 Å². The van der Waals surface area contributed by atoms with Gasteiger partial charge in [0.25, 0.3) is 0 Å². The quantitative estimate of drug-likeness (QED) is 0.541. The Balaban J connectivity index is 1.99. The molecule has 0 saturated heterocycles. The van der Waals surface area contributed by atoms with Crippen LogP contribution < -0.4 is 4.74 Å². The molecule has 1 aliphatic rings. The molecule has 2 unspecified atom stereocenters. The Labute approximate surface area is 140 Å². The summed E-state index contributed by atoms with van der Waals surface area (Å²) in [5.41, 5.74) is 2.31. The number of hydrogen-bond donors (Lipinski definition) is 0. The van der Waals surface area contributed by atoms with Crippen molar-refractivity contribution in [3.63, 3.8) is 0 Å². The Morgan fingerprint density at radius 2 is 1.95 bits per heavy atom. The summed E-state index contributed by atoms with van der Waals surface area (Å²) in [6, 6.07) is 14.3. The predicted molar refractivity (Wildman–Crippen MR) is 89.7 cm³/mol. The van der Waals surface area contributed by atoms with E-state index in [9.17, 15) is 0 Å². The predicted octanol–water partition coefficient (Wildman–Crippen LogP) is 6.06. The summed E-state index contributed by atoms with van der Waals surface area (Å²) in [6.07, 6.45) is 0.935. The zero-order chi connectivity index (χ0) is 14.1. The Morgan fingerprint density at radius 3 is 2.80 bits per heavy atom. The van der Waals surface area contributed by atoms with Crippen LogP contribution in [0.2, 0.25) is 0 Å². The second kappa shape index (κ2) is 6.08. The molecule has 0 N–H and O–H groups in total. The number of para-hydroxylation sites is 1. The largest absolute Gasteiger partial charge is 0.493 e. The van der Waals surface area contributed by atoms with Crippen LogP contribution in [0.25, 0.3) is 0 Å². The first kappa shape index (κ1) is 14.4. The third-order valence-electron chi connectivity index (χ3n) is 3.61. The number of rotatable bonds is 2. The number of hydrogen-bond acceptors (Lipinski definition) is 1. The van der Waals surface area contributed by atoms with Crippen LogP contribution in [0, 0.1) is 0 Å². The maximum absolute atomic E-state index is 6.78. The fourth-order valence-electron chi connectivity index (χ4n) is 2.62. The van der Waals surface area contributed by atoms with Crippen molar-refractivity contribution in [2.45, 2.75) is 17.7 Å². The Hall–Kier alpha value is -0.510. The molecule has 1 aliphatic heterocycles. The minimum Gasteiger partial charge on any atom is -0.493 e. The van der Waals surface area contributed by atoms with E-state index in [0.29, 0.717) is 0 Å². The van der Waals surface area contributed by atoms with Crippen molar-refractivity contribution in [2.75, 3.05) is 6.61 Å². The summed E-state index contributed by atoms with van der Waals surface area (Å²) >= 11 is 13.9. The average molecular weight is 417 g/mol. The lowest BCUT2D eigenvalue weighted by molar-refractivity contribution is 0.265. The van der Waals surface area contributed by atoms with Gasteiger partial charge < -0.3 is 4.74 Å². The molecule has 3 rings (SSSR count). The third-order valence-corrected chi connectivity index (χ3v) is 5.37. The van der Waals surface area contributed by atoms with Gasteiger partial charge >= 0.3 is 0 Å². The molecule has 0 aromatic heterocycles. The molecular weight excluding hydrogens is 403 g/mol. The number of halogens is 3. The number of alkyl halides is 1. The molecule has 0 aliphatic carbocycles. The molecule has 2 atom stereocenters. The van der Waals surface area contributed by atoms with Crippen LogP contribution in [0.3, 0.4) is 0 Å². The third kappa shape index (κ3) is 2.76. The fraction of sp³-hybridized carbons (Fsp3) is 0.250. The molecule has 0 saturated carbocycles. The number of fused-ring (bicyclic) bond motifs is 1. The lowest BCUT2D eigenvalue weighted by Crippen LogP contribution is -2.17. The van der Waals surface area contributed by atoms with Crippen molar-refractivity contribution in [2.24, 2.45) is 0 Å². The Bertz CT molecular complexity index is 630. The highest BCUT2D eigenvalue weighted by molar-refractivity contribution is 9.11. The molecule has 4 heteroatoms. The second-order valence-corrected chi connectivity index (χ2v) is 7.09. The van der Waals surface area contributed by atoms with Crippen molar-refractivity contribution in [1.82, 2.24) is 0 Å². The number of ether oxygens (including phenoxy) is 1. The first-order valence-electron chi connectivity index (χ1n) is 6.47. The zero-order valence-corrected chi connectivity index (χ0v) is 14.6. The van der Waals surface area contributed by atoms with Gasteiger partial charge in [-0.1, -0.05) is 50.1 Å². The van der Waals surface area contributed by atoms with E-state index in [1.54, 1.807) is 0 Å². The van der Waals surface area contributed by atoms with Gasteiger partial charge in [-0.25, -0.2) is 0 Å². The van der Waals surface area contributed by atoms with Crippen molar-refractivity contribution >= 4 is 43.5 Å². The molecule has 1 nitrogen and oxygen atoms in total. The molecule has 2 aromatic carbocycles. The SMILES string of the molecule is ClC(c1cc(Br)ccc1Br)C1CCOc2ccccc21. The maximum atomic E-state index is 6.78. The molecule has 0 bridgehead atoms. The van der Waals surface area contributed by atoms with E-state index in [1.807, 2.05) is 30.3 Å². The van der Waals surface area contributed by atoms with Gasteiger partial charge in [0.1, 0.15) is 5.75 Å². The average Bonchev–Trinajstić information content (AvgIpc) is 2.48. The van der Waals surface area contributed by atoms with E-state index in [-0.39, 0.29) is 11.3 Å². The first-order chi connectivity index (χ1) is 9.66. The lowest BCUT2D eigenvalue weighted by Gasteiger charge is -2.30. The van der Waals surface area contributed by atoms with E-state index in [2.05, 4.69) is 44.0 Å². The smallest absolute Gasteiger partial charge is 0.122 e. The summed E-state index contributed by atoms with van der Waals surface area (Å²) < 4.78 is 7.80. The number of benzene rings is 2. The summed E-state index contributed by atoms with van der Waals surface area (Å²) in [6.45, 7) is 0.719. The van der Waals surface area contributed by atoms with Crippen molar-refractivity contribution in [3.8, 4) is 5.75 Å². The summed E-state index contributed by atoms with van der Waals surface area (Å²) in [5.74, 6) is 1.23. The molecule has 104 valence electrons. The highest BCUT2D eigenvalue weighted by atomic mass is 79.9. The van der Waals surface area contributed by atoms with Gasteiger partial charge in [-0.05, 0) is 41.8 Å². The van der Waals surface area contributed by atoms with Crippen molar-refractivity contribution in [1.29, 1.82) is 0 Å². The molecule has 0 amide bonds. The van der Waals surface area contributed by atoms with E-state index in [1.165, 1.54) is 5.56 Å². The highest BCUT2D eigenvalue weighted by Gasteiger charge is 2.29. The lowest BCUT2D eigenvalue weighted by atomic mass is 9.87. The van der Waals surface area contributed by atoms with Gasteiger partial charge in [0, 0.05) is 14.9 Å². The van der Waals surface area contributed by atoms with E-state index >= 15 is 0 Å². The first-order valence-corrected chi connectivity index (χ1v) is 8.50. The van der Waals surface area contributed by atoms with E-state index in [0.717, 1.165) is 33.3 Å². The van der Waals surface area contributed by atoms with Crippen LogP contribution in [0.4, 0.5) is 0 Å². The minimum atomic E-state index is -0.0769. The van der Waals surface area contributed by atoms with Gasteiger partial charge in [-0.15, -0.1) is 11.6 Å². The van der Waals surface area contributed by atoms with Crippen molar-refractivity contribution in [3.05, 3.63) is 62.5 Å². The molecule has 0 fully saturated rings. The summed E-state index contributed by atoms with van der Waals surface area (Å²) in [5, 5.41) is -0.0769. The summed E-state index contributed by atoms with van der Waals surface area (Å²) in [4.78, 5) is 0. The second-order valence-electron chi connectivity index (χ2n) is 4.85. The summed E-state index contributed by atoms with van der Waals surface area (Å²) in [7, 11) is 0. The van der Waals surface area contributed by atoms with E-state index < -0.39 is 0 Å². The van der Waals surface area contributed by atoms with Crippen LogP contribution in [0.15, 0.2) is 51.4 Å². The highest BCUT2D eigenvalue weighted by Crippen LogP contribution is 2.46. The van der Waals surface area contributed by atoms with Gasteiger partial charge in [0.2, 0.25) is 0 Å². The molecule has 2 aromatic rings. The van der Waals surface area contributed by atoms with Crippen LogP contribution in [0.5, 0.6) is 5.75 Å². The molecule has 0 radical (unpaired) electrons. The standard InChI is InChI=1S/C16H13Br2ClO/c17-10-5-6-14(18)13(9-10)16(19)12-7-8-20-15-4-2-1-3-11(12)15/h1-6,9,12,16H,7-8H2. The fourth-order valence-corrected chi connectivity index (χ4v) is 4.06. The Morgan fingerprint density at radius 1 is 1.15 bits per heavy atom. The van der Waals surface area contributed by atoms with Crippen LogP contribution in [-0.2, 0) is 0 Å². The van der Waals surface area contributed by atoms with Gasteiger partial charge in [0.15, 0.2) is 0 Å². The van der Waals surface area contributed by atoms with Crippen LogP contribution in [0.1, 0.15) is 28.8 Å². The molecule has 1 heterocycles. The van der Waals surface area contributed by atoms with Gasteiger partial charge in [-0.2, -0.15) is 0 Å². The Kier molecular flexibility index (Phi) is 4.39. The molecule has 0 spiro atoms. The monoisotopic (exact) mass is 414 g/mol. The van der Waals surface area contributed by atoms with Crippen LogP contribution in [-0.4, -0.2) is 6.61 Å². The minimum absolute atomic E-state index is 0.0769. The van der Waals surface area contributed by atoms with Gasteiger partial charge in [-0.3, -0.25) is 0 Å².